The van der Waals surface area contributed by atoms with Crippen molar-refractivity contribution in [3.8, 4) is 0 Å². The number of nitrogens with one attached hydrogen (secondary N) is 2. The standard InChI is InChI=1S/C21H26ClN5O5S/c1-21(2,3)25-33(31,32)16-7-8-17(18(11-16)27(29)30)26-10-4-5-14(13-26)20(28)24-19-9-6-15(22)12-23-19/h6-9,11-12,14,25H,4-5,10,13H2,1-3H3,(H,23,24,28)/t14-/m1/s1. The molecule has 0 bridgehead atoms. The number of carbonyl (C=O) groups excluding carboxylic acids is 1. The predicted octanol–water partition coefficient (Wildman–Crippen LogP) is 3.58. The molecule has 0 radical (unpaired) electrons. The molecule has 1 aromatic carbocycles. The largest absolute Gasteiger partial charge is 0.365 e. The molecular weight excluding hydrogens is 470 g/mol. The van der Waals surface area contributed by atoms with Crippen LogP contribution >= 0.6 is 11.6 Å². The second-order valence-electron chi connectivity index (χ2n) is 8.90. The number of hydrogen-bond acceptors (Lipinski definition) is 7. The third kappa shape index (κ3) is 6.40. The SMILES string of the molecule is CC(C)(C)NS(=O)(=O)c1ccc(N2CCC[C@@H](C(=O)Nc3ccc(Cl)cn3)C2)c([N+](=O)[O-])c1. The lowest BCUT2D eigenvalue weighted by atomic mass is 9.96. The minimum Gasteiger partial charge on any atom is -0.365 e. The molecule has 178 valence electrons. The average Bonchev–Trinajstić information content (AvgIpc) is 2.73. The molecule has 1 atom stereocenters. The smallest absolute Gasteiger partial charge is 0.293 e. The fourth-order valence-electron chi connectivity index (χ4n) is 3.63. The number of piperidine rings is 1. The zero-order valence-corrected chi connectivity index (χ0v) is 20.1. The Morgan fingerprint density at radius 3 is 2.61 bits per heavy atom. The summed E-state index contributed by atoms with van der Waals surface area (Å²) in [7, 11) is -3.94. The molecule has 2 aromatic rings. The van der Waals surface area contributed by atoms with E-state index in [1.165, 1.54) is 18.3 Å². The van der Waals surface area contributed by atoms with E-state index in [4.69, 9.17) is 11.6 Å². The second kappa shape index (κ2) is 9.62. The van der Waals surface area contributed by atoms with Gasteiger partial charge in [0.15, 0.2) is 0 Å². The first-order valence-corrected chi connectivity index (χ1v) is 12.2. The maximum absolute atomic E-state index is 12.7. The van der Waals surface area contributed by atoms with Gasteiger partial charge in [-0.2, -0.15) is 0 Å². The summed E-state index contributed by atoms with van der Waals surface area (Å²) >= 11 is 5.82. The molecule has 10 nitrogen and oxygen atoms in total. The van der Waals surface area contributed by atoms with E-state index in [2.05, 4.69) is 15.0 Å². The minimum absolute atomic E-state index is 0.187. The Morgan fingerprint density at radius 2 is 2.00 bits per heavy atom. The third-order valence-electron chi connectivity index (χ3n) is 5.01. The third-order valence-corrected chi connectivity index (χ3v) is 6.99. The first-order chi connectivity index (χ1) is 15.4. The topological polar surface area (TPSA) is 135 Å². The molecule has 1 aromatic heterocycles. The van der Waals surface area contributed by atoms with E-state index < -0.39 is 26.4 Å². The van der Waals surface area contributed by atoms with Crippen LogP contribution in [-0.4, -0.2) is 42.9 Å². The molecule has 12 heteroatoms. The summed E-state index contributed by atoms with van der Waals surface area (Å²) in [6.45, 7) is 5.83. The molecule has 3 rings (SSSR count). The number of carbonyl (C=O) groups is 1. The van der Waals surface area contributed by atoms with Crippen molar-refractivity contribution in [2.24, 2.45) is 5.92 Å². The predicted molar refractivity (Wildman–Crippen MR) is 126 cm³/mol. The number of pyridine rings is 1. The van der Waals surface area contributed by atoms with Crippen molar-refractivity contribution in [2.45, 2.75) is 44.0 Å². The summed E-state index contributed by atoms with van der Waals surface area (Å²) < 4.78 is 27.8. The maximum Gasteiger partial charge on any atom is 0.293 e. The average molecular weight is 496 g/mol. The number of rotatable bonds is 6. The molecule has 0 saturated carbocycles. The van der Waals surface area contributed by atoms with E-state index >= 15 is 0 Å². The fourth-order valence-corrected chi connectivity index (χ4v) is 5.18. The molecule has 0 spiro atoms. The fraction of sp³-hybridized carbons (Fsp3) is 0.429. The minimum atomic E-state index is -3.94. The van der Waals surface area contributed by atoms with Crippen molar-refractivity contribution < 1.29 is 18.1 Å². The first kappa shape index (κ1) is 24.9. The van der Waals surface area contributed by atoms with Crippen LogP contribution in [0.1, 0.15) is 33.6 Å². The van der Waals surface area contributed by atoms with Gasteiger partial charge >= 0.3 is 0 Å². The van der Waals surface area contributed by atoms with Gasteiger partial charge < -0.3 is 10.2 Å². The van der Waals surface area contributed by atoms with Crippen LogP contribution in [0.25, 0.3) is 0 Å². The molecule has 1 saturated heterocycles. The number of nitrogens with zero attached hydrogens (tertiary/aromatic N) is 3. The number of aromatic nitrogens is 1. The quantitative estimate of drug-likeness (QED) is 0.462. The number of amides is 1. The molecule has 1 aliphatic rings. The highest BCUT2D eigenvalue weighted by Crippen LogP contribution is 2.34. The molecule has 0 aliphatic carbocycles. The highest BCUT2D eigenvalue weighted by molar-refractivity contribution is 7.89. The van der Waals surface area contributed by atoms with E-state index in [1.807, 2.05) is 0 Å². The molecule has 1 aliphatic heterocycles. The molecule has 2 N–H and O–H groups in total. The van der Waals surface area contributed by atoms with Gasteiger partial charge in [-0.3, -0.25) is 14.9 Å². The highest BCUT2D eigenvalue weighted by Gasteiger charge is 2.31. The molecule has 0 unspecified atom stereocenters. The van der Waals surface area contributed by atoms with E-state index in [-0.39, 0.29) is 28.7 Å². The van der Waals surface area contributed by atoms with Gasteiger partial charge in [0.25, 0.3) is 5.69 Å². The first-order valence-electron chi connectivity index (χ1n) is 10.4. The van der Waals surface area contributed by atoms with Crippen LogP contribution in [-0.2, 0) is 14.8 Å². The molecule has 1 fully saturated rings. The Kier molecular flexibility index (Phi) is 7.25. The highest BCUT2D eigenvalue weighted by atomic mass is 35.5. The molecular formula is C21H26ClN5O5S. The zero-order chi connectivity index (χ0) is 24.4. The summed E-state index contributed by atoms with van der Waals surface area (Å²) in [4.78, 5) is 29.5. The van der Waals surface area contributed by atoms with Gasteiger partial charge in [0.2, 0.25) is 15.9 Å². The normalized spacial score (nSPS) is 17.0. The lowest BCUT2D eigenvalue weighted by molar-refractivity contribution is -0.384. The van der Waals surface area contributed by atoms with Crippen molar-refractivity contribution in [1.29, 1.82) is 0 Å². The van der Waals surface area contributed by atoms with Crippen molar-refractivity contribution >= 4 is 44.7 Å². The van der Waals surface area contributed by atoms with E-state index in [0.29, 0.717) is 30.2 Å². The van der Waals surface area contributed by atoms with Crippen LogP contribution < -0.4 is 14.9 Å². The number of sulfonamides is 1. The Morgan fingerprint density at radius 1 is 1.27 bits per heavy atom. The van der Waals surface area contributed by atoms with Crippen LogP contribution in [0.5, 0.6) is 0 Å². The molecule has 2 heterocycles. The van der Waals surface area contributed by atoms with Gasteiger partial charge in [0.1, 0.15) is 11.5 Å². The van der Waals surface area contributed by atoms with Gasteiger partial charge in [0, 0.05) is 30.9 Å². The van der Waals surface area contributed by atoms with E-state index in [1.54, 1.807) is 37.8 Å². The van der Waals surface area contributed by atoms with Gasteiger partial charge in [-0.05, 0) is 57.9 Å². The summed E-state index contributed by atoms with van der Waals surface area (Å²) in [5.74, 6) is -0.291. The van der Waals surface area contributed by atoms with Crippen LogP contribution in [0.2, 0.25) is 5.02 Å². The number of anilines is 2. The van der Waals surface area contributed by atoms with Gasteiger partial charge in [0.05, 0.1) is 20.8 Å². The van der Waals surface area contributed by atoms with E-state index in [9.17, 15) is 23.3 Å². The van der Waals surface area contributed by atoms with Crippen molar-refractivity contribution in [3.05, 3.63) is 51.7 Å². The summed E-state index contributed by atoms with van der Waals surface area (Å²) in [6, 6.07) is 7.04. The summed E-state index contributed by atoms with van der Waals surface area (Å²) in [6.07, 6.45) is 2.69. The number of nitro groups is 1. The number of halogens is 1. The number of benzene rings is 1. The summed E-state index contributed by atoms with van der Waals surface area (Å²) in [5.41, 5.74) is -0.789. The Balaban J connectivity index is 1.82. The van der Waals surface area contributed by atoms with Crippen LogP contribution in [0.3, 0.4) is 0 Å². The van der Waals surface area contributed by atoms with E-state index in [0.717, 1.165) is 6.07 Å². The number of nitro benzene ring substituents is 1. The second-order valence-corrected chi connectivity index (χ2v) is 11.0. The Hall–Kier alpha value is -2.76. The van der Waals surface area contributed by atoms with Gasteiger partial charge in [-0.25, -0.2) is 18.1 Å². The number of hydrogen-bond donors (Lipinski definition) is 2. The lowest BCUT2D eigenvalue weighted by Gasteiger charge is -2.33. The molecule has 33 heavy (non-hydrogen) atoms. The van der Waals surface area contributed by atoms with Crippen molar-refractivity contribution in [1.82, 2.24) is 9.71 Å². The van der Waals surface area contributed by atoms with Crippen LogP contribution in [0.4, 0.5) is 17.2 Å². The van der Waals surface area contributed by atoms with Crippen molar-refractivity contribution in [3.63, 3.8) is 0 Å². The molecule has 1 amide bonds. The Bertz CT molecular complexity index is 1150. The zero-order valence-electron chi connectivity index (χ0n) is 18.5. The summed E-state index contributed by atoms with van der Waals surface area (Å²) in [5, 5.41) is 15.0. The maximum atomic E-state index is 12.7. The van der Waals surface area contributed by atoms with Crippen LogP contribution in [0.15, 0.2) is 41.4 Å². The monoisotopic (exact) mass is 495 g/mol. The van der Waals surface area contributed by atoms with Crippen LogP contribution in [0, 0.1) is 16.0 Å². The van der Waals surface area contributed by atoms with Gasteiger partial charge in [-0.15, -0.1) is 0 Å². The lowest BCUT2D eigenvalue weighted by Crippen LogP contribution is -2.41. The van der Waals surface area contributed by atoms with Crippen molar-refractivity contribution in [2.75, 3.05) is 23.3 Å². The Labute approximate surface area is 197 Å². The van der Waals surface area contributed by atoms with Gasteiger partial charge in [-0.1, -0.05) is 11.6 Å².